The molecule has 1 aromatic heterocycles. The highest BCUT2D eigenvalue weighted by Crippen LogP contribution is 2.39. The third-order valence-electron chi connectivity index (χ3n) is 6.38. The van der Waals surface area contributed by atoms with Gasteiger partial charge in [-0.15, -0.1) is 0 Å². The molecular formula is C29H39N3O4. The molecule has 2 aromatic carbocycles. The van der Waals surface area contributed by atoms with Crippen molar-refractivity contribution in [2.24, 2.45) is 0 Å². The van der Waals surface area contributed by atoms with Gasteiger partial charge in [-0.1, -0.05) is 30.1 Å². The molecule has 3 aromatic rings. The van der Waals surface area contributed by atoms with Gasteiger partial charge in [0.15, 0.2) is 5.76 Å². The molecule has 7 nitrogen and oxygen atoms in total. The average Bonchev–Trinajstić information content (AvgIpc) is 3.38. The summed E-state index contributed by atoms with van der Waals surface area (Å²) in [5.41, 5.74) is 2.78. The van der Waals surface area contributed by atoms with Gasteiger partial charge in [-0.05, 0) is 63.1 Å². The summed E-state index contributed by atoms with van der Waals surface area (Å²) in [6, 6.07) is 13.8. The second-order valence-electron chi connectivity index (χ2n) is 9.48. The number of piperazine rings is 1. The number of aromatic nitrogens is 1. The zero-order valence-electron chi connectivity index (χ0n) is 21.8. The molecule has 194 valence electrons. The highest BCUT2D eigenvalue weighted by Gasteiger charge is 2.18. The van der Waals surface area contributed by atoms with Crippen LogP contribution >= 0.6 is 0 Å². The highest BCUT2D eigenvalue weighted by atomic mass is 16.5. The van der Waals surface area contributed by atoms with Crippen LogP contribution in [0.25, 0.3) is 22.5 Å². The minimum Gasteiger partial charge on any atom is -0.497 e. The fourth-order valence-corrected chi connectivity index (χ4v) is 4.47. The van der Waals surface area contributed by atoms with E-state index in [1.165, 1.54) is 32.5 Å². The first-order valence-electron chi connectivity index (χ1n) is 13.1. The zero-order valence-corrected chi connectivity index (χ0v) is 21.8. The molecule has 0 bridgehead atoms. The van der Waals surface area contributed by atoms with E-state index in [4.69, 9.17) is 18.7 Å². The van der Waals surface area contributed by atoms with Crippen LogP contribution in [0.15, 0.2) is 53.2 Å². The second kappa shape index (κ2) is 13.3. The topological polar surface area (TPSA) is 69.0 Å². The summed E-state index contributed by atoms with van der Waals surface area (Å²) in [7, 11) is 1.66. The summed E-state index contributed by atoms with van der Waals surface area (Å²) in [6.07, 6.45) is 6.46. The average molecular weight is 494 g/mol. The molecule has 1 fully saturated rings. The fourth-order valence-electron chi connectivity index (χ4n) is 4.47. The molecule has 0 atom stereocenters. The largest absolute Gasteiger partial charge is 0.497 e. The number of hydrogen-bond donors (Lipinski definition) is 1. The molecule has 7 heteroatoms. The lowest BCUT2D eigenvalue weighted by molar-refractivity contribution is 0.233. The van der Waals surface area contributed by atoms with Crippen LogP contribution in [0.2, 0.25) is 0 Å². The Morgan fingerprint density at radius 3 is 2.44 bits per heavy atom. The van der Waals surface area contributed by atoms with Gasteiger partial charge in [0.2, 0.25) is 0 Å². The summed E-state index contributed by atoms with van der Waals surface area (Å²) in [4.78, 5) is 2.55. The van der Waals surface area contributed by atoms with Crippen molar-refractivity contribution in [2.45, 2.75) is 45.6 Å². The number of nitrogens with one attached hydrogen (secondary N) is 1. The van der Waals surface area contributed by atoms with Crippen molar-refractivity contribution in [3.05, 3.63) is 48.7 Å². The van der Waals surface area contributed by atoms with Crippen molar-refractivity contribution in [3.63, 3.8) is 0 Å². The molecule has 0 spiro atoms. The molecule has 2 heterocycles. The summed E-state index contributed by atoms with van der Waals surface area (Å²) >= 11 is 0. The number of ether oxygens (including phenoxy) is 3. The van der Waals surface area contributed by atoms with E-state index in [0.717, 1.165) is 59.9 Å². The third kappa shape index (κ3) is 7.24. The lowest BCUT2D eigenvalue weighted by Gasteiger charge is -2.27. The Labute approximate surface area is 214 Å². The second-order valence-corrected chi connectivity index (χ2v) is 9.48. The quantitative estimate of drug-likeness (QED) is 0.309. The number of benzene rings is 2. The molecule has 1 saturated heterocycles. The van der Waals surface area contributed by atoms with Crippen molar-refractivity contribution in [1.29, 1.82) is 0 Å². The van der Waals surface area contributed by atoms with E-state index in [-0.39, 0.29) is 6.10 Å². The molecule has 0 saturated carbocycles. The molecular weight excluding hydrogens is 454 g/mol. The Morgan fingerprint density at radius 1 is 0.944 bits per heavy atom. The maximum atomic E-state index is 6.30. The molecule has 1 N–H and O–H groups in total. The zero-order chi connectivity index (χ0) is 25.2. The summed E-state index contributed by atoms with van der Waals surface area (Å²) in [5.74, 6) is 3.02. The van der Waals surface area contributed by atoms with Crippen molar-refractivity contribution < 1.29 is 18.7 Å². The van der Waals surface area contributed by atoms with Crippen molar-refractivity contribution >= 4 is 0 Å². The van der Waals surface area contributed by atoms with Gasteiger partial charge >= 0.3 is 0 Å². The number of hydrogen-bond acceptors (Lipinski definition) is 7. The van der Waals surface area contributed by atoms with Gasteiger partial charge < -0.3 is 29.0 Å². The fraction of sp³-hybridized carbons (Fsp3) is 0.483. The summed E-state index contributed by atoms with van der Waals surface area (Å²) in [6.45, 7) is 10.4. The molecule has 4 rings (SSSR count). The van der Waals surface area contributed by atoms with E-state index >= 15 is 0 Å². The lowest BCUT2D eigenvalue weighted by atomic mass is 10.0. The molecule has 1 aliphatic heterocycles. The van der Waals surface area contributed by atoms with E-state index in [9.17, 15) is 0 Å². The van der Waals surface area contributed by atoms with Gasteiger partial charge in [0.1, 0.15) is 17.2 Å². The number of methoxy groups -OCH3 is 1. The third-order valence-corrected chi connectivity index (χ3v) is 6.38. The van der Waals surface area contributed by atoms with Crippen molar-refractivity contribution in [2.75, 3.05) is 46.4 Å². The van der Waals surface area contributed by atoms with E-state index in [1.807, 2.05) is 56.3 Å². The molecule has 0 radical (unpaired) electrons. The first-order valence-corrected chi connectivity index (χ1v) is 13.1. The van der Waals surface area contributed by atoms with E-state index < -0.39 is 0 Å². The smallest absolute Gasteiger partial charge is 0.178 e. The van der Waals surface area contributed by atoms with Crippen LogP contribution in [-0.4, -0.2) is 62.6 Å². The minimum atomic E-state index is 0.0829. The molecule has 1 aliphatic rings. The number of unbranched alkanes of at least 4 members (excludes halogenated alkanes) is 3. The SMILES string of the molecule is COc1ccc(-c2cnoc2-c2ccc(OC(C)C)cc2OCCCCCCN2CCNCC2)cc1. The van der Waals surface area contributed by atoms with Crippen LogP contribution in [0.5, 0.6) is 17.2 Å². The number of rotatable bonds is 13. The Kier molecular flexibility index (Phi) is 9.64. The van der Waals surface area contributed by atoms with Crippen molar-refractivity contribution in [3.8, 4) is 39.7 Å². The molecule has 0 aliphatic carbocycles. The normalized spacial score (nSPS) is 14.2. The van der Waals surface area contributed by atoms with Gasteiger partial charge in [-0.25, -0.2) is 0 Å². The highest BCUT2D eigenvalue weighted by molar-refractivity contribution is 5.82. The number of nitrogens with zero attached hydrogens (tertiary/aromatic N) is 2. The summed E-state index contributed by atoms with van der Waals surface area (Å²) < 4.78 is 23.3. The van der Waals surface area contributed by atoms with Crippen molar-refractivity contribution in [1.82, 2.24) is 15.4 Å². The lowest BCUT2D eigenvalue weighted by Crippen LogP contribution is -2.43. The minimum absolute atomic E-state index is 0.0829. The first kappa shape index (κ1) is 26.0. The van der Waals surface area contributed by atoms with Crippen LogP contribution in [-0.2, 0) is 0 Å². The monoisotopic (exact) mass is 493 g/mol. The standard InChI is InChI=1S/C29H39N3O4/c1-22(2)35-25-12-13-26(29-27(21-31-36-29)23-8-10-24(33-3)11-9-23)28(20-25)34-19-7-5-4-6-16-32-17-14-30-15-18-32/h8-13,20-22,30H,4-7,14-19H2,1-3H3. The van der Waals surface area contributed by atoms with E-state index in [0.29, 0.717) is 12.4 Å². The van der Waals surface area contributed by atoms with Crippen LogP contribution in [0.1, 0.15) is 39.5 Å². The first-order chi connectivity index (χ1) is 17.6. The maximum Gasteiger partial charge on any atom is 0.178 e. The Bertz CT molecular complexity index is 1060. The maximum absolute atomic E-state index is 6.30. The molecule has 0 unspecified atom stereocenters. The Hall–Kier alpha value is -3.03. The van der Waals surface area contributed by atoms with Crippen LogP contribution in [0.3, 0.4) is 0 Å². The van der Waals surface area contributed by atoms with Gasteiger partial charge in [0.25, 0.3) is 0 Å². The Balaban J connectivity index is 1.40. The molecule has 0 amide bonds. The van der Waals surface area contributed by atoms with Crippen LogP contribution in [0.4, 0.5) is 0 Å². The van der Waals surface area contributed by atoms with Crippen LogP contribution < -0.4 is 19.5 Å². The van der Waals surface area contributed by atoms with Gasteiger partial charge in [0.05, 0.1) is 31.6 Å². The van der Waals surface area contributed by atoms with Crippen LogP contribution in [0, 0.1) is 0 Å². The molecule has 36 heavy (non-hydrogen) atoms. The summed E-state index contributed by atoms with van der Waals surface area (Å²) in [5, 5.41) is 7.51. The van der Waals surface area contributed by atoms with E-state index in [1.54, 1.807) is 13.3 Å². The predicted molar refractivity (Wildman–Crippen MR) is 143 cm³/mol. The Morgan fingerprint density at radius 2 is 1.69 bits per heavy atom. The van der Waals surface area contributed by atoms with Gasteiger partial charge in [0, 0.05) is 37.8 Å². The predicted octanol–water partition coefficient (Wildman–Crippen LogP) is 5.65. The van der Waals surface area contributed by atoms with Gasteiger partial charge in [-0.3, -0.25) is 0 Å². The van der Waals surface area contributed by atoms with Gasteiger partial charge in [-0.2, -0.15) is 0 Å². The van der Waals surface area contributed by atoms with E-state index in [2.05, 4.69) is 15.4 Å².